The highest BCUT2D eigenvalue weighted by molar-refractivity contribution is 5.14. The van der Waals surface area contributed by atoms with Crippen LogP contribution >= 0.6 is 0 Å². The number of benzene rings is 1. The Labute approximate surface area is 98.7 Å². The molecule has 0 bridgehead atoms. The van der Waals surface area contributed by atoms with Crippen molar-refractivity contribution < 1.29 is 0 Å². The number of hydrogen-bond acceptors (Lipinski definition) is 2. The van der Waals surface area contributed by atoms with E-state index in [0.29, 0.717) is 0 Å². The third-order valence-electron chi connectivity index (χ3n) is 3.37. The Hall–Kier alpha value is -0.860. The molecule has 0 aromatic heterocycles. The molecule has 0 spiro atoms. The second-order valence-electron chi connectivity index (χ2n) is 4.67. The highest BCUT2D eigenvalue weighted by Gasteiger charge is 2.17. The maximum atomic E-state index is 3.44. The van der Waals surface area contributed by atoms with Crippen LogP contribution in [-0.4, -0.2) is 31.1 Å². The third-order valence-corrected chi connectivity index (χ3v) is 3.37. The summed E-state index contributed by atoms with van der Waals surface area (Å²) in [6.45, 7) is 8.13. The van der Waals surface area contributed by atoms with E-state index >= 15 is 0 Å². The molecule has 1 aliphatic rings. The van der Waals surface area contributed by atoms with Gasteiger partial charge in [-0.2, -0.15) is 0 Å². The van der Waals surface area contributed by atoms with Crippen LogP contribution in [0.25, 0.3) is 0 Å². The predicted octanol–water partition coefficient (Wildman–Crippen LogP) is 2.12. The minimum Gasteiger partial charge on any atom is -0.316 e. The van der Waals surface area contributed by atoms with Gasteiger partial charge in [-0.3, -0.25) is 4.90 Å². The summed E-state index contributed by atoms with van der Waals surface area (Å²) in [5.74, 6) is 0.851. The predicted molar refractivity (Wildman–Crippen MR) is 68.4 cm³/mol. The molecule has 1 fully saturated rings. The molecule has 88 valence electrons. The number of nitrogens with zero attached hydrogens (tertiary/aromatic N) is 1. The summed E-state index contributed by atoms with van der Waals surface area (Å²) < 4.78 is 0. The van der Waals surface area contributed by atoms with Crippen molar-refractivity contribution in [2.45, 2.75) is 19.9 Å². The molecule has 0 saturated carbocycles. The number of nitrogens with one attached hydrogen (secondary N) is 1. The van der Waals surface area contributed by atoms with Gasteiger partial charge in [-0.25, -0.2) is 0 Å². The van der Waals surface area contributed by atoms with Crippen LogP contribution in [-0.2, 0) is 6.54 Å². The molecule has 1 aromatic carbocycles. The first-order valence-electron chi connectivity index (χ1n) is 6.35. The van der Waals surface area contributed by atoms with Crippen molar-refractivity contribution >= 4 is 0 Å². The Kier molecular flexibility index (Phi) is 4.37. The molecule has 1 aromatic rings. The van der Waals surface area contributed by atoms with Crippen molar-refractivity contribution in [3.05, 3.63) is 35.9 Å². The van der Waals surface area contributed by atoms with Gasteiger partial charge in [0.2, 0.25) is 0 Å². The molecule has 0 unspecified atom stereocenters. The molecule has 1 atom stereocenters. The van der Waals surface area contributed by atoms with Crippen LogP contribution in [0.5, 0.6) is 0 Å². The molecule has 16 heavy (non-hydrogen) atoms. The van der Waals surface area contributed by atoms with E-state index in [1.165, 1.54) is 31.6 Å². The van der Waals surface area contributed by atoms with Crippen LogP contribution in [0, 0.1) is 5.92 Å². The summed E-state index contributed by atoms with van der Waals surface area (Å²) in [4.78, 5) is 2.55. The summed E-state index contributed by atoms with van der Waals surface area (Å²) >= 11 is 0. The molecule has 0 aliphatic carbocycles. The standard InChI is InChI=1S/C14H22N2/c1-2-16(12-14-8-9-15-10-14)11-13-6-4-3-5-7-13/h3-7,14-15H,2,8-12H2,1H3/t14-/m0/s1. The van der Waals surface area contributed by atoms with Crippen LogP contribution in [0.15, 0.2) is 30.3 Å². The van der Waals surface area contributed by atoms with E-state index in [2.05, 4.69) is 47.5 Å². The van der Waals surface area contributed by atoms with E-state index in [-0.39, 0.29) is 0 Å². The van der Waals surface area contributed by atoms with Gasteiger partial charge in [-0.1, -0.05) is 37.3 Å². The van der Waals surface area contributed by atoms with Gasteiger partial charge in [0.25, 0.3) is 0 Å². The molecule has 1 saturated heterocycles. The first-order valence-corrected chi connectivity index (χ1v) is 6.35. The van der Waals surface area contributed by atoms with Crippen LogP contribution in [0.1, 0.15) is 18.9 Å². The fourth-order valence-corrected chi connectivity index (χ4v) is 2.38. The molecule has 2 nitrogen and oxygen atoms in total. The summed E-state index contributed by atoms with van der Waals surface area (Å²) in [7, 11) is 0. The van der Waals surface area contributed by atoms with Gasteiger partial charge in [-0.05, 0) is 37.5 Å². The lowest BCUT2D eigenvalue weighted by atomic mass is 10.1. The maximum Gasteiger partial charge on any atom is 0.0233 e. The first kappa shape index (κ1) is 11.6. The SMILES string of the molecule is CCN(Cc1ccccc1)C[C@H]1CCNC1. The normalized spacial score (nSPS) is 20.5. The Morgan fingerprint density at radius 2 is 2.12 bits per heavy atom. The lowest BCUT2D eigenvalue weighted by Gasteiger charge is -2.23. The highest BCUT2D eigenvalue weighted by Crippen LogP contribution is 2.12. The fourth-order valence-electron chi connectivity index (χ4n) is 2.38. The quantitative estimate of drug-likeness (QED) is 0.814. The van der Waals surface area contributed by atoms with E-state index in [0.717, 1.165) is 19.0 Å². The van der Waals surface area contributed by atoms with Gasteiger partial charge < -0.3 is 5.32 Å². The van der Waals surface area contributed by atoms with Crippen molar-refractivity contribution in [2.75, 3.05) is 26.2 Å². The molecule has 2 rings (SSSR count). The molecule has 1 heterocycles. The Bertz CT molecular complexity index is 291. The van der Waals surface area contributed by atoms with E-state index in [1.54, 1.807) is 0 Å². The second-order valence-corrected chi connectivity index (χ2v) is 4.67. The smallest absolute Gasteiger partial charge is 0.0233 e. The van der Waals surface area contributed by atoms with E-state index < -0.39 is 0 Å². The average molecular weight is 218 g/mol. The maximum absolute atomic E-state index is 3.44. The van der Waals surface area contributed by atoms with Crippen LogP contribution in [0.2, 0.25) is 0 Å². The Morgan fingerprint density at radius 3 is 2.75 bits per heavy atom. The largest absolute Gasteiger partial charge is 0.316 e. The summed E-state index contributed by atoms with van der Waals surface area (Å²) in [5.41, 5.74) is 1.43. The van der Waals surface area contributed by atoms with E-state index in [1.807, 2.05) is 0 Å². The Morgan fingerprint density at radius 1 is 1.31 bits per heavy atom. The molecule has 2 heteroatoms. The lowest BCUT2D eigenvalue weighted by Crippen LogP contribution is -2.30. The average Bonchev–Trinajstić information content (AvgIpc) is 2.82. The molecule has 1 aliphatic heterocycles. The van der Waals surface area contributed by atoms with Crippen molar-refractivity contribution in [1.29, 1.82) is 0 Å². The van der Waals surface area contributed by atoms with Crippen molar-refractivity contribution in [2.24, 2.45) is 5.92 Å². The summed E-state index contributed by atoms with van der Waals surface area (Å²) in [6.07, 6.45) is 1.34. The van der Waals surface area contributed by atoms with Crippen LogP contribution in [0.4, 0.5) is 0 Å². The van der Waals surface area contributed by atoms with Gasteiger partial charge >= 0.3 is 0 Å². The van der Waals surface area contributed by atoms with Gasteiger partial charge in [0.1, 0.15) is 0 Å². The van der Waals surface area contributed by atoms with E-state index in [4.69, 9.17) is 0 Å². The molecular formula is C14H22N2. The van der Waals surface area contributed by atoms with Crippen molar-refractivity contribution in [3.8, 4) is 0 Å². The minimum atomic E-state index is 0.851. The van der Waals surface area contributed by atoms with Crippen LogP contribution < -0.4 is 5.32 Å². The zero-order valence-electron chi connectivity index (χ0n) is 10.2. The monoisotopic (exact) mass is 218 g/mol. The fraction of sp³-hybridized carbons (Fsp3) is 0.571. The van der Waals surface area contributed by atoms with Crippen molar-refractivity contribution in [1.82, 2.24) is 10.2 Å². The Balaban J connectivity index is 1.85. The van der Waals surface area contributed by atoms with Gasteiger partial charge in [0, 0.05) is 13.1 Å². The topological polar surface area (TPSA) is 15.3 Å². The zero-order chi connectivity index (χ0) is 11.2. The zero-order valence-corrected chi connectivity index (χ0v) is 10.2. The van der Waals surface area contributed by atoms with E-state index in [9.17, 15) is 0 Å². The molecule has 0 radical (unpaired) electrons. The van der Waals surface area contributed by atoms with Gasteiger partial charge in [0.15, 0.2) is 0 Å². The molecule has 0 amide bonds. The summed E-state index contributed by atoms with van der Waals surface area (Å²) in [5, 5.41) is 3.44. The summed E-state index contributed by atoms with van der Waals surface area (Å²) in [6, 6.07) is 10.8. The highest BCUT2D eigenvalue weighted by atomic mass is 15.1. The van der Waals surface area contributed by atoms with Gasteiger partial charge in [0.05, 0.1) is 0 Å². The number of hydrogen-bond donors (Lipinski definition) is 1. The number of rotatable bonds is 5. The first-order chi connectivity index (χ1) is 7.88. The lowest BCUT2D eigenvalue weighted by molar-refractivity contribution is 0.240. The third kappa shape index (κ3) is 3.32. The minimum absolute atomic E-state index is 0.851. The second kappa shape index (κ2) is 6.02. The van der Waals surface area contributed by atoms with Crippen molar-refractivity contribution in [3.63, 3.8) is 0 Å². The molecule has 1 N–H and O–H groups in total. The van der Waals surface area contributed by atoms with Gasteiger partial charge in [-0.15, -0.1) is 0 Å². The molecular weight excluding hydrogens is 196 g/mol. The van der Waals surface area contributed by atoms with Crippen LogP contribution in [0.3, 0.4) is 0 Å².